The van der Waals surface area contributed by atoms with Gasteiger partial charge in [0, 0.05) is 18.8 Å². The Labute approximate surface area is 66.6 Å². The Hall–Kier alpha value is -1.00. The number of rotatable bonds is 0. The number of hydrogen-bond donors (Lipinski definition) is 0. The molecule has 0 fully saturated rings. The van der Waals surface area contributed by atoms with E-state index in [1.807, 2.05) is 0 Å². The molecule has 1 rings (SSSR count). The molecule has 1 nitrogen and oxygen atoms in total. The standard InChI is InChI=1S/C7H7F4N/c1-4-5(7(9,10)11)3-6(8)12(4)2/h3H,1-2H3. The first-order chi connectivity index (χ1) is 5.34. The quantitative estimate of drug-likeness (QED) is 0.542. The van der Waals surface area contributed by atoms with Crippen molar-refractivity contribution in [3.05, 3.63) is 23.3 Å². The summed E-state index contributed by atoms with van der Waals surface area (Å²) in [5.41, 5.74) is -1.03. The molecule has 0 aliphatic heterocycles. The van der Waals surface area contributed by atoms with Crippen LogP contribution in [-0.4, -0.2) is 4.57 Å². The number of aromatic nitrogens is 1. The zero-order valence-corrected chi connectivity index (χ0v) is 6.54. The van der Waals surface area contributed by atoms with Gasteiger partial charge in [-0.2, -0.15) is 17.6 Å². The minimum atomic E-state index is -4.47. The zero-order valence-electron chi connectivity index (χ0n) is 6.54. The zero-order chi connectivity index (χ0) is 9.52. The third-order valence-electron chi connectivity index (χ3n) is 1.78. The minimum Gasteiger partial charge on any atom is -0.325 e. The van der Waals surface area contributed by atoms with E-state index in [0.29, 0.717) is 6.07 Å². The number of nitrogens with zero attached hydrogens (tertiary/aromatic N) is 1. The molecule has 0 N–H and O–H groups in total. The highest BCUT2D eigenvalue weighted by molar-refractivity contribution is 5.24. The Morgan fingerprint density at radius 3 is 2.00 bits per heavy atom. The molecule has 12 heavy (non-hydrogen) atoms. The first-order valence-corrected chi connectivity index (χ1v) is 3.23. The lowest BCUT2D eigenvalue weighted by molar-refractivity contribution is -0.138. The predicted octanol–water partition coefficient (Wildman–Crippen LogP) is 2.49. The van der Waals surface area contributed by atoms with E-state index in [1.54, 1.807) is 0 Å². The maximum absolute atomic E-state index is 12.6. The van der Waals surface area contributed by atoms with Gasteiger partial charge in [-0.15, -0.1) is 0 Å². The summed E-state index contributed by atoms with van der Waals surface area (Å²) < 4.78 is 49.6. The van der Waals surface area contributed by atoms with E-state index in [0.717, 1.165) is 4.57 Å². The molecule has 0 aromatic carbocycles. The van der Waals surface area contributed by atoms with E-state index in [9.17, 15) is 17.6 Å². The lowest BCUT2D eigenvalue weighted by atomic mass is 10.2. The molecule has 0 amide bonds. The average Bonchev–Trinajstić information content (AvgIpc) is 2.15. The van der Waals surface area contributed by atoms with Gasteiger partial charge in [0.05, 0.1) is 5.56 Å². The second kappa shape index (κ2) is 2.50. The monoisotopic (exact) mass is 181 g/mol. The number of alkyl halides is 3. The third kappa shape index (κ3) is 1.31. The summed E-state index contributed by atoms with van der Waals surface area (Å²) in [5.74, 6) is -0.875. The Balaban J connectivity index is 3.28. The number of halogens is 4. The van der Waals surface area contributed by atoms with Crippen LogP contribution in [0.3, 0.4) is 0 Å². The van der Waals surface area contributed by atoms with Crippen LogP contribution in [-0.2, 0) is 13.2 Å². The molecule has 0 bridgehead atoms. The molecule has 0 radical (unpaired) electrons. The summed E-state index contributed by atoms with van der Waals surface area (Å²) in [5, 5.41) is 0. The van der Waals surface area contributed by atoms with Gasteiger partial charge in [0.1, 0.15) is 0 Å². The summed E-state index contributed by atoms with van der Waals surface area (Å²) in [6, 6.07) is 0.495. The van der Waals surface area contributed by atoms with Crippen molar-refractivity contribution in [1.29, 1.82) is 0 Å². The summed E-state index contributed by atoms with van der Waals surface area (Å²) in [6.07, 6.45) is -4.47. The second-order valence-electron chi connectivity index (χ2n) is 2.52. The largest absolute Gasteiger partial charge is 0.418 e. The first-order valence-electron chi connectivity index (χ1n) is 3.23. The molecule has 0 aliphatic rings. The average molecular weight is 181 g/mol. The van der Waals surface area contributed by atoms with Crippen molar-refractivity contribution in [2.75, 3.05) is 0 Å². The van der Waals surface area contributed by atoms with Gasteiger partial charge in [-0.25, -0.2) is 0 Å². The van der Waals surface area contributed by atoms with Crippen molar-refractivity contribution in [3.8, 4) is 0 Å². The Morgan fingerprint density at radius 1 is 1.33 bits per heavy atom. The maximum atomic E-state index is 12.6. The lowest BCUT2D eigenvalue weighted by Gasteiger charge is -2.05. The highest BCUT2D eigenvalue weighted by Gasteiger charge is 2.34. The summed E-state index contributed by atoms with van der Waals surface area (Å²) >= 11 is 0. The van der Waals surface area contributed by atoms with Gasteiger partial charge in [-0.1, -0.05) is 0 Å². The summed E-state index contributed by atoms with van der Waals surface area (Å²) in [4.78, 5) is 0. The van der Waals surface area contributed by atoms with Gasteiger partial charge in [-0.05, 0) is 6.92 Å². The van der Waals surface area contributed by atoms with Crippen molar-refractivity contribution in [1.82, 2.24) is 4.57 Å². The first kappa shape index (κ1) is 9.09. The van der Waals surface area contributed by atoms with Crippen molar-refractivity contribution in [2.45, 2.75) is 13.1 Å². The molecule has 0 aliphatic carbocycles. The molecule has 5 heteroatoms. The van der Waals surface area contributed by atoms with Crippen LogP contribution in [0.25, 0.3) is 0 Å². The number of hydrogen-bond acceptors (Lipinski definition) is 0. The van der Waals surface area contributed by atoms with Crippen LogP contribution >= 0.6 is 0 Å². The van der Waals surface area contributed by atoms with E-state index in [4.69, 9.17) is 0 Å². The van der Waals surface area contributed by atoms with Crippen LogP contribution in [0.4, 0.5) is 17.6 Å². The van der Waals surface area contributed by atoms with Crippen LogP contribution in [0.2, 0.25) is 0 Å². The van der Waals surface area contributed by atoms with Crippen LogP contribution < -0.4 is 0 Å². The summed E-state index contributed by atoms with van der Waals surface area (Å²) in [7, 11) is 1.25. The molecular weight excluding hydrogens is 174 g/mol. The van der Waals surface area contributed by atoms with E-state index >= 15 is 0 Å². The predicted molar refractivity (Wildman–Crippen MR) is 35.1 cm³/mol. The molecule has 1 heterocycles. The molecule has 1 aromatic heterocycles. The van der Waals surface area contributed by atoms with Crippen molar-refractivity contribution in [3.63, 3.8) is 0 Å². The fourth-order valence-corrected chi connectivity index (χ4v) is 0.948. The molecule has 0 saturated carbocycles. The fraction of sp³-hybridized carbons (Fsp3) is 0.429. The second-order valence-corrected chi connectivity index (χ2v) is 2.52. The van der Waals surface area contributed by atoms with Crippen molar-refractivity contribution in [2.24, 2.45) is 7.05 Å². The van der Waals surface area contributed by atoms with Crippen LogP contribution in [0.5, 0.6) is 0 Å². The van der Waals surface area contributed by atoms with Crippen molar-refractivity contribution < 1.29 is 17.6 Å². The van der Waals surface area contributed by atoms with E-state index in [-0.39, 0.29) is 5.69 Å². The van der Waals surface area contributed by atoms with E-state index < -0.39 is 17.7 Å². The fourth-order valence-electron chi connectivity index (χ4n) is 0.948. The molecule has 0 atom stereocenters. The minimum absolute atomic E-state index is 0.111. The van der Waals surface area contributed by atoms with Gasteiger partial charge in [0.15, 0.2) is 5.95 Å². The van der Waals surface area contributed by atoms with Crippen molar-refractivity contribution >= 4 is 0 Å². The molecular formula is C7H7F4N. The topological polar surface area (TPSA) is 4.93 Å². The Bertz CT molecular complexity index is 297. The normalized spacial score (nSPS) is 12.2. The lowest BCUT2D eigenvalue weighted by Crippen LogP contribution is -2.06. The summed E-state index contributed by atoms with van der Waals surface area (Å²) in [6.45, 7) is 1.23. The third-order valence-corrected chi connectivity index (χ3v) is 1.78. The molecule has 68 valence electrons. The highest BCUT2D eigenvalue weighted by Crippen LogP contribution is 2.32. The molecule has 1 aromatic rings. The van der Waals surface area contributed by atoms with Crippen LogP contribution in [0.15, 0.2) is 6.07 Å². The van der Waals surface area contributed by atoms with Gasteiger partial charge in [-0.3, -0.25) is 0 Å². The maximum Gasteiger partial charge on any atom is 0.418 e. The van der Waals surface area contributed by atoms with Crippen LogP contribution in [0, 0.1) is 12.9 Å². The van der Waals surface area contributed by atoms with Crippen LogP contribution in [0.1, 0.15) is 11.3 Å². The Morgan fingerprint density at radius 2 is 1.83 bits per heavy atom. The molecule has 0 spiro atoms. The van der Waals surface area contributed by atoms with Gasteiger partial charge in [0.25, 0.3) is 0 Å². The molecule has 0 unspecified atom stereocenters. The Kier molecular flexibility index (Phi) is 1.89. The van der Waals surface area contributed by atoms with Gasteiger partial charge < -0.3 is 4.57 Å². The molecule has 0 saturated heterocycles. The van der Waals surface area contributed by atoms with E-state index in [1.165, 1.54) is 14.0 Å². The smallest absolute Gasteiger partial charge is 0.325 e. The SMILES string of the molecule is Cc1c(C(F)(F)F)cc(F)n1C. The van der Waals surface area contributed by atoms with Gasteiger partial charge >= 0.3 is 6.18 Å². The highest BCUT2D eigenvalue weighted by atomic mass is 19.4. The van der Waals surface area contributed by atoms with E-state index in [2.05, 4.69) is 0 Å². The van der Waals surface area contributed by atoms with Gasteiger partial charge in [0.2, 0.25) is 0 Å².